The minimum atomic E-state index is -1.13. The van der Waals surface area contributed by atoms with Gasteiger partial charge in [-0.2, -0.15) is 5.10 Å². The molecule has 0 spiro atoms. The van der Waals surface area contributed by atoms with Gasteiger partial charge in [0.25, 0.3) is 5.91 Å². The number of aromatic carboxylic acids is 1. The molecule has 0 radical (unpaired) electrons. The van der Waals surface area contributed by atoms with E-state index >= 15 is 0 Å². The van der Waals surface area contributed by atoms with Crippen molar-refractivity contribution in [1.29, 1.82) is 0 Å². The van der Waals surface area contributed by atoms with Gasteiger partial charge in [-0.3, -0.25) is 9.89 Å². The fourth-order valence-corrected chi connectivity index (χ4v) is 3.92. The minimum absolute atomic E-state index is 0.000113. The Morgan fingerprint density at radius 2 is 1.92 bits per heavy atom. The van der Waals surface area contributed by atoms with Gasteiger partial charge in [-0.15, -0.1) is 0 Å². The Kier molecular flexibility index (Phi) is 3.45. The van der Waals surface area contributed by atoms with Gasteiger partial charge in [0, 0.05) is 18.0 Å². The van der Waals surface area contributed by atoms with Crippen molar-refractivity contribution in [2.45, 2.75) is 18.4 Å². The van der Waals surface area contributed by atoms with Gasteiger partial charge < -0.3 is 10.4 Å². The molecule has 0 saturated heterocycles. The molecule has 24 heavy (non-hydrogen) atoms. The Morgan fingerprint density at radius 1 is 1.17 bits per heavy atom. The molecule has 2 aliphatic carbocycles. The number of amides is 1. The number of benzene rings is 1. The van der Waals surface area contributed by atoms with E-state index in [1.807, 2.05) is 18.2 Å². The molecular weight excluding hydrogens is 306 g/mol. The SMILES string of the molecule is O=C(N[C@@H]1[C@@H](c2ccccc2)[C@@H]2C=C[C@H]1C2)c1cc(C(=O)O)[nH]n1. The molecule has 122 valence electrons. The van der Waals surface area contributed by atoms with Crippen molar-refractivity contribution in [2.75, 3.05) is 0 Å². The van der Waals surface area contributed by atoms with Crippen LogP contribution in [0.2, 0.25) is 0 Å². The normalized spacial score (nSPS) is 27.3. The molecule has 1 heterocycles. The van der Waals surface area contributed by atoms with E-state index in [0.717, 1.165) is 6.42 Å². The standard InChI is InChI=1S/C18H17N3O3/c22-17(13-9-14(18(23)24)21-20-13)19-16-12-7-6-11(8-12)15(16)10-4-2-1-3-5-10/h1-7,9,11-12,15-16H,8H2,(H,19,22)(H,20,21)(H,23,24)/t11-,12+,15+,16+/m1/s1. The number of nitrogens with zero attached hydrogens (tertiary/aromatic N) is 1. The van der Waals surface area contributed by atoms with Crippen LogP contribution in [0.1, 0.15) is 38.9 Å². The van der Waals surface area contributed by atoms with Gasteiger partial charge in [0.15, 0.2) is 5.69 Å². The molecule has 1 amide bonds. The van der Waals surface area contributed by atoms with E-state index in [4.69, 9.17) is 5.11 Å². The van der Waals surface area contributed by atoms with Crippen molar-refractivity contribution in [1.82, 2.24) is 15.5 Å². The van der Waals surface area contributed by atoms with Crippen molar-refractivity contribution in [3.8, 4) is 0 Å². The molecule has 4 rings (SSSR count). The Labute approximate surface area is 138 Å². The van der Waals surface area contributed by atoms with Gasteiger partial charge in [-0.1, -0.05) is 42.5 Å². The molecule has 1 aromatic heterocycles. The fraction of sp³-hybridized carbons (Fsp3) is 0.278. The number of carboxylic acid groups (broad SMARTS) is 1. The predicted octanol–water partition coefficient (Wildman–Crippen LogP) is 2.20. The van der Waals surface area contributed by atoms with Crippen molar-refractivity contribution in [3.05, 3.63) is 65.5 Å². The van der Waals surface area contributed by atoms with Crippen molar-refractivity contribution < 1.29 is 14.7 Å². The number of rotatable bonds is 4. The van der Waals surface area contributed by atoms with Crippen LogP contribution >= 0.6 is 0 Å². The summed E-state index contributed by atoms with van der Waals surface area (Å²) < 4.78 is 0. The Bertz CT molecular complexity index is 812. The zero-order chi connectivity index (χ0) is 16.7. The second-order valence-electron chi connectivity index (χ2n) is 6.36. The van der Waals surface area contributed by atoms with Crippen LogP contribution in [-0.2, 0) is 0 Å². The van der Waals surface area contributed by atoms with Crippen LogP contribution in [0.15, 0.2) is 48.6 Å². The van der Waals surface area contributed by atoms with Crippen LogP contribution in [0.5, 0.6) is 0 Å². The number of fused-ring (bicyclic) bond motifs is 2. The van der Waals surface area contributed by atoms with Gasteiger partial charge in [0.05, 0.1) is 0 Å². The third kappa shape index (κ3) is 2.40. The zero-order valence-corrected chi connectivity index (χ0v) is 12.8. The lowest BCUT2D eigenvalue weighted by Gasteiger charge is -2.29. The molecule has 2 aliphatic rings. The number of nitrogens with one attached hydrogen (secondary N) is 2. The van der Waals surface area contributed by atoms with E-state index in [-0.39, 0.29) is 29.3 Å². The lowest BCUT2D eigenvalue weighted by Crippen LogP contribution is -2.42. The largest absolute Gasteiger partial charge is 0.477 e. The summed E-state index contributed by atoms with van der Waals surface area (Å²) in [6.07, 6.45) is 5.44. The summed E-state index contributed by atoms with van der Waals surface area (Å²) in [6, 6.07) is 11.5. The summed E-state index contributed by atoms with van der Waals surface area (Å²) in [5.41, 5.74) is 1.23. The lowest BCUT2D eigenvalue weighted by atomic mass is 9.83. The maximum absolute atomic E-state index is 12.5. The highest BCUT2D eigenvalue weighted by Crippen LogP contribution is 2.48. The highest BCUT2D eigenvalue weighted by atomic mass is 16.4. The molecule has 2 aromatic rings. The second kappa shape index (κ2) is 5.63. The average molecular weight is 323 g/mol. The van der Waals surface area contributed by atoms with E-state index in [1.165, 1.54) is 11.6 Å². The number of aromatic nitrogens is 2. The van der Waals surface area contributed by atoms with E-state index < -0.39 is 5.97 Å². The molecule has 1 saturated carbocycles. The van der Waals surface area contributed by atoms with Crippen LogP contribution in [0.4, 0.5) is 0 Å². The Balaban J connectivity index is 1.57. The topological polar surface area (TPSA) is 95.1 Å². The first kappa shape index (κ1) is 14.7. The summed E-state index contributed by atoms with van der Waals surface area (Å²) >= 11 is 0. The maximum atomic E-state index is 12.5. The van der Waals surface area contributed by atoms with Gasteiger partial charge >= 0.3 is 5.97 Å². The van der Waals surface area contributed by atoms with Crippen LogP contribution in [0.25, 0.3) is 0 Å². The molecule has 0 aliphatic heterocycles. The molecule has 1 fully saturated rings. The van der Waals surface area contributed by atoms with E-state index in [9.17, 15) is 9.59 Å². The number of aromatic amines is 1. The second-order valence-corrected chi connectivity index (χ2v) is 6.36. The predicted molar refractivity (Wildman–Crippen MR) is 86.7 cm³/mol. The van der Waals surface area contributed by atoms with E-state index in [0.29, 0.717) is 11.8 Å². The van der Waals surface area contributed by atoms with Crippen molar-refractivity contribution >= 4 is 11.9 Å². The first-order chi connectivity index (χ1) is 11.6. The first-order valence-electron chi connectivity index (χ1n) is 7.96. The lowest BCUT2D eigenvalue weighted by molar-refractivity contribution is 0.0690. The maximum Gasteiger partial charge on any atom is 0.353 e. The summed E-state index contributed by atoms with van der Waals surface area (Å²) in [4.78, 5) is 23.4. The van der Waals surface area contributed by atoms with E-state index in [2.05, 4.69) is 39.8 Å². The highest BCUT2D eigenvalue weighted by Gasteiger charge is 2.45. The van der Waals surface area contributed by atoms with Gasteiger partial charge in [0.1, 0.15) is 5.69 Å². The summed E-state index contributed by atoms with van der Waals surface area (Å²) in [5.74, 6) is -0.501. The molecule has 2 bridgehead atoms. The number of allylic oxidation sites excluding steroid dienone is 1. The molecule has 4 atom stereocenters. The molecule has 1 aromatic carbocycles. The van der Waals surface area contributed by atoms with Gasteiger partial charge in [-0.25, -0.2) is 4.79 Å². The van der Waals surface area contributed by atoms with Crippen LogP contribution in [0.3, 0.4) is 0 Å². The Hall–Kier alpha value is -2.89. The number of hydrogen-bond acceptors (Lipinski definition) is 3. The van der Waals surface area contributed by atoms with Crippen LogP contribution in [-0.4, -0.2) is 33.2 Å². The summed E-state index contributed by atoms with van der Waals surface area (Å²) in [6.45, 7) is 0. The minimum Gasteiger partial charge on any atom is -0.477 e. The molecular formula is C18H17N3O3. The number of carbonyl (C=O) groups is 2. The molecule has 3 N–H and O–H groups in total. The van der Waals surface area contributed by atoms with Crippen LogP contribution < -0.4 is 5.32 Å². The monoisotopic (exact) mass is 323 g/mol. The molecule has 6 heteroatoms. The smallest absolute Gasteiger partial charge is 0.353 e. The molecule has 6 nitrogen and oxygen atoms in total. The van der Waals surface area contributed by atoms with Gasteiger partial charge in [-0.05, 0) is 23.8 Å². The van der Waals surface area contributed by atoms with Crippen LogP contribution in [0, 0.1) is 11.8 Å². The third-order valence-corrected chi connectivity index (χ3v) is 4.98. The molecule has 0 unspecified atom stereocenters. The van der Waals surface area contributed by atoms with Crippen molar-refractivity contribution in [3.63, 3.8) is 0 Å². The summed E-state index contributed by atoms with van der Waals surface area (Å²) in [7, 11) is 0. The van der Waals surface area contributed by atoms with Gasteiger partial charge in [0.2, 0.25) is 0 Å². The number of H-pyrrole nitrogens is 1. The average Bonchev–Trinajstić information content (AvgIpc) is 3.31. The quantitative estimate of drug-likeness (QED) is 0.752. The van der Waals surface area contributed by atoms with E-state index in [1.54, 1.807) is 0 Å². The Morgan fingerprint density at radius 3 is 2.62 bits per heavy atom. The summed E-state index contributed by atoms with van der Waals surface area (Å²) in [5, 5.41) is 18.2. The zero-order valence-electron chi connectivity index (χ0n) is 12.8. The first-order valence-corrected chi connectivity index (χ1v) is 7.96. The highest BCUT2D eigenvalue weighted by molar-refractivity contribution is 5.95. The number of carboxylic acids is 1. The number of hydrogen-bond donors (Lipinski definition) is 3. The van der Waals surface area contributed by atoms with Crippen molar-refractivity contribution in [2.24, 2.45) is 11.8 Å². The number of carbonyl (C=O) groups excluding carboxylic acids is 1. The third-order valence-electron chi connectivity index (χ3n) is 4.98. The fourth-order valence-electron chi connectivity index (χ4n) is 3.92.